The second-order valence-electron chi connectivity index (χ2n) is 5.17. The number of amides is 1. The number of hydrogen-bond acceptors (Lipinski definition) is 4. The van der Waals surface area contributed by atoms with Crippen LogP contribution in [-0.4, -0.2) is 45.0 Å². The Labute approximate surface area is 128 Å². The van der Waals surface area contributed by atoms with Gasteiger partial charge in [0.25, 0.3) is 5.91 Å². The van der Waals surface area contributed by atoms with Crippen molar-refractivity contribution in [3.05, 3.63) is 23.7 Å². The zero-order valence-electron chi connectivity index (χ0n) is 11.9. The number of carbonyl (C=O) groups is 1. The SMILES string of the molecule is CCn1cc(C=C2NC(=S)N(CC3CCCO3)C2=O)cn1. The predicted molar refractivity (Wildman–Crippen MR) is 82.3 cm³/mol. The molecule has 2 saturated heterocycles. The zero-order chi connectivity index (χ0) is 14.8. The van der Waals surface area contributed by atoms with Crippen LogP contribution in [-0.2, 0) is 16.1 Å². The molecule has 1 aromatic rings. The lowest BCUT2D eigenvalue weighted by Gasteiger charge is -2.18. The molecule has 2 fully saturated rings. The van der Waals surface area contributed by atoms with Crippen LogP contribution in [0.1, 0.15) is 25.3 Å². The minimum Gasteiger partial charge on any atom is -0.376 e. The maximum Gasteiger partial charge on any atom is 0.276 e. The van der Waals surface area contributed by atoms with Gasteiger partial charge in [0.2, 0.25) is 0 Å². The first-order valence-electron chi connectivity index (χ1n) is 7.16. The van der Waals surface area contributed by atoms with Crippen molar-refractivity contribution in [3.8, 4) is 0 Å². The van der Waals surface area contributed by atoms with E-state index in [1.165, 1.54) is 0 Å². The molecule has 112 valence electrons. The van der Waals surface area contributed by atoms with Crippen LogP contribution in [0.2, 0.25) is 0 Å². The number of aromatic nitrogens is 2. The summed E-state index contributed by atoms with van der Waals surface area (Å²) in [5.74, 6) is -0.0975. The Bertz CT molecular complexity index is 590. The van der Waals surface area contributed by atoms with Crippen molar-refractivity contribution in [2.24, 2.45) is 0 Å². The molecule has 0 radical (unpaired) electrons. The summed E-state index contributed by atoms with van der Waals surface area (Å²) >= 11 is 5.25. The summed E-state index contributed by atoms with van der Waals surface area (Å²) in [6.07, 6.45) is 7.53. The second kappa shape index (κ2) is 5.95. The Morgan fingerprint density at radius 3 is 3.14 bits per heavy atom. The summed E-state index contributed by atoms with van der Waals surface area (Å²) < 4.78 is 7.38. The lowest BCUT2D eigenvalue weighted by molar-refractivity contribution is -0.123. The molecule has 1 aromatic heterocycles. The number of carbonyl (C=O) groups excluding carboxylic acids is 1. The van der Waals surface area contributed by atoms with Gasteiger partial charge >= 0.3 is 0 Å². The summed E-state index contributed by atoms with van der Waals surface area (Å²) in [6, 6.07) is 0. The van der Waals surface area contributed by atoms with E-state index in [-0.39, 0.29) is 12.0 Å². The summed E-state index contributed by atoms with van der Waals surface area (Å²) in [7, 11) is 0. The topological polar surface area (TPSA) is 59.4 Å². The standard InChI is InChI=1S/C14H18N4O2S/c1-2-17-8-10(7-15-17)6-12-13(19)18(14(21)16-12)9-11-4-3-5-20-11/h6-8,11H,2-5,9H2,1H3,(H,16,21). The Morgan fingerprint density at radius 2 is 2.48 bits per heavy atom. The third-order valence-corrected chi connectivity index (χ3v) is 3.98. The van der Waals surface area contributed by atoms with Crippen LogP contribution in [0.25, 0.3) is 6.08 Å². The summed E-state index contributed by atoms with van der Waals surface area (Å²) in [5, 5.41) is 7.62. The van der Waals surface area contributed by atoms with E-state index >= 15 is 0 Å². The van der Waals surface area contributed by atoms with E-state index in [1.54, 1.807) is 17.2 Å². The molecular formula is C14H18N4O2S. The van der Waals surface area contributed by atoms with Crippen LogP contribution >= 0.6 is 12.2 Å². The highest BCUT2D eigenvalue weighted by atomic mass is 32.1. The molecule has 1 unspecified atom stereocenters. The van der Waals surface area contributed by atoms with Gasteiger partial charge in [0.05, 0.1) is 18.8 Å². The third-order valence-electron chi connectivity index (χ3n) is 3.66. The smallest absolute Gasteiger partial charge is 0.276 e. The maximum atomic E-state index is 12.4. The Morgan fingerprint density at radius 1 is 1.62 bits per heavy atom. The fourth-order valence-electron chi connectivity index (χ4n) is 2.52. The number of hydrogen-bond donors (Lipinski definition) is 1. The van der Waals surface area contributed by atoms with Crippen molar-refractivity contribution in [2.75, 3.05) is 13.2 Å². The van der Waals surface area contributed by atoms with Gasteiger partial charge in [-0.05, 0) is 38.1 Å². The van der Waals surface area contributed by atoms with E-state index < -0.39 is 0 Å². The minimum absolute atomic E-state index is 0.0934. The number of aryl methyl sites for hydroxylation is 1. The van der Waals surface area contributed by atoms with Crippen molar-refractivity contribution in [2.45, 2.75) is 32.4 Å². The third kappa shape index (κ3) is 2.98. The summed E-state index contributed by atoms with van der Waals surface area (Å²) in [6.45, 7) is 4.11. The summed E-state index contributed by atoms with van der Waals surface area (Å²) in [5.41, 5.74) is 1.38. The molecule has 2 aliphatic heterocycles. The van der Waals surface area contributed by atoms with E-state index in [4.69, 9.17) is 17.0 Å². The molecule has 3 heterocycles. The molecule has 0 bridgehead atoms. The van der Waals surface area contributed by atoms with E-state index in [0.717, 1.165) is 31.6 Å². The first-order valence-corrected chi connectivity index (χ1v) is 7.57. The molecular weight excluding hydrogens is 288 g/mol. The zero-order valence-corrected chi connectivity index (χ0v) is 12.7. The molecule has 3 rings (SSSR count). The Hall–Kier alpha value is -1.73. The molecule has 2 aliphatic rings. The number of thiocarbonyl (C=S) groups is 1. The highest BCUT2D eigenvalue weighted by Gasteiger charge is 2.33. The molecule has 0 saturated carbocycles. The van der Waals surface area contributed by atoms with Gasteiger partial charge < -0.3 is 10.1 Å². The Balaban J connectivity index is 1.72. The van der Waals surface area contributed by atoms with Crippen LogP contribution in [0.15, 0.2) is 18.1 Å². The first kappa shape index (κ1) is 14.2. The van der Waals surface area contributed by atoms with Gasteiger partial charge in [0.15, 0.2) is 5.11 Å². The maximum absolute atomic E-state index is 12.4. The second-order valence-corrected chi connectivity index (χ2v) is 5.56. The van der Waals surface area contributed by atoms with Crippen molar-refractivity contribution < 1.29 is 9.53 Å². The molecule has 21 heavy (non-hydrogen) atoms. The molecule has 0 aromatic carbocycles. The van der Waals surface area contributed by atoms with Crippen molar-refractivity contribution in [1.29, 1.82) is 0 Å². The predicted octanol–water partition coefficient (Wildman–Crippen LogP) is 1.14. The quantitative estimate of drug-likeness (QED) is 0.668. The highest BCUT2D eigenvalue weighted by Crippen LogP contribution is 2.18. The number of nitrogens with zero attached hydrogens (tertiary/aromatic N) is 3. The molecule has 6 nitrogen and oxygen atoms in total. The van der Waals surface area contributed by atoms with E-state index in [2.05, 4.69) is 10.4 Å². The average Bonchev–Trinajstić information content (AvgIpc) is 3.18. The monoisotopic (exact) mass is 306 g/mol. The van der Waals surface area contributed by atoms with Gasteiger partial charge in [-0.25, -0.2) is 0 Å². The van der Waals surface area contributed by atoms with Gasteiger partial charge in [-0.1, -0.05) is 0 Å². The molecule has 7 heteroatoms. The van der Waals surface area contributed by atoms with Crippen LogP contribution < -0.4 is 5.32 Å². The van der Waals surface area contributed by atoms with Gasteiger partial charge in [-0.2, -0.15) is 5.10 Å². The minimum atomic E-state index is -0.0975. The van der Waals surface area contributed by atoms with E-state index in [1.807, 2.05) is 17.8 Å². The van der Waals surface area contributed by atoms with Crippen molar-refractivity contribution >= 4 is 29.3 Å². The largest absolute Gasteiger partial charge is 0.376 e. The molecule has 0 aliphatic carbocycles. The van der Waals surface area contributed by atoms with Gasteiger partial charge in [0.1, 0.15) is 5.70 Å². The fourth-order valence-corrected chi connectivity index (χ4v) is 2.79. The Kier molecular flexibility index (Phi) is 4.03. The first-order chi connectivity index (χ1) is 10.2. The van der Waals surface area contributed by atoms with Crippen LogP contribution in [0.3, 0.4) is 0 Å². The van der Waals surface area contributed by atoms with Gasteiger partial charge in [0, 0.05) is 24.9 Å². The van der Waals surface area contributed by atoms with E-state index in [9.17, 15) is 4.79 Å². The highest BCUT2D eigenvalue weighted by molar-refractivity contribution is 7.80. The molecule has 1 N–H and O–H groups in total. The van der Waals surface area contributed by atoms with Crippen molar-refractivity contribution in [1.82, 2.24) is 20.0 Å². The van der Waals surface area contributed by atoms with Crippen LogP contribution in [0.4, 0.5) is 0 Å². The normalized spacial score (nSPS) is 24.1. The van der Waals surface area contributed by atoms with Gasteiger partial charge in [-0.15, -0.1) is 0 Å². The molecule has 1 amide bonds. The average molecular weight is 306 g/mol. The molecule has 0 spiro atoms. The number of nitrogens with one attached hydrogen (secondary N) is 1. The lowest BCUT2D eigenvalue weighted by atomic mass is 10.2. The van der Waals surface area contributed by atoms with Crippen LogP contribution in [0, 0.1) is 0 Å². The lowest BCUT2D eigenvalue weighted by Crippen LogP contribution is -2.37. The van der Waals surface area contributed by atoms with E-state index in [0.29, 0.717) is 17.4 Å². The fraction of sp³-hybridized carbons (Fsp3) is 0.500. The number of ether oxygens (including phenoxy) is 1. The van der Waals surface area contributed by atoms with Crippen molar-refractivity contribution in [3.63, 3.8) is 0 Å². The summed E-state index contributed by atoms with van der Waals surface area (Å²) in [4.78, 5) is 14.0. The number of rotatable bonds is 4. The van der Waals surface area contributed by atoms with Crippen LogP contribution in [0.5, 0.6) is 0 Å². The van der Waals surface area contributed by atoms with Gasteiger partial charge in [-0.3, -0.25) is 14.4 Å². The molecule has 1 atom stereocenters.